The van der Waals surface area contributed by atoms with Gasteiger partial charge in [0.1, 0.15) is 16.2 Å². The Morgan fingerprint density at radius 3 is 2.51 bits per heavy atom. The fourth-order valence-corrected chi connectivity index (χ4v) is 5.84. The first-order valence-electron chi connectivity index (χ1n) is 11.7. The SMILES string of the molecule is CN1CCN(c2ccc3c(=O)c(C(=O)NCc4ccccc4)c4sc5ccccc5n4c3n2)CC1. The molecule has 1 fully saturated rings. The topological polar surface area (TPSA) is 70.0 Å². The van der Waals surface area contributed by atoms with Crippen molar-refractivity contribution in [2.75, 3.05) is 38.1 Å². The van der Waals surface area contributed by atoms with Crippen LogP contribution in [0, 0.1) is 0 Å². The van der Waals surface area contributed by atoms with Crippen molar-refractivity contribution in [3.63, 3.8) is 0 Å². The van der Waals surface area contributed by atoms with Crippen LogP contribution in [0.25, 0.3) is 26.1 Å². The van der Waals surface area contributed by atoms with Crippen LogP contribution in [0.15, 0.2) is 71.5 Å². The van der Waals surface area contributed by atoms with Crippen LogP contribution in [0.5, 0.6) is 0 Å². The molecule has 0 spiro atoms. The number of likely N-dealkylation sites (N-methyl/N-ethyl adjacent to an activating group) is 1. The number of fused-ring (bicyclic) bond motifs is 5. The Morgan fingerprint density at radius 2 is 1.71 bits per heavy atom. The zero-order chi connectivity index (χ0) is 23.9. The van der Waals surface area contributed by atoms with E-state index in [1.165, 1.54) is 11.3 Å². The van der Waals surface area contributed by atoms with Crippen LogP contribution in [0.1, 0.15) is 15.9 Å². The van der Waals surface area contributed by atoms with Crippen molar-refractivity contribution in [1.82, 2.24) is 19.6 Å². The maximum absolute atomic E-state index is 13.7. The molecule has 8 heteroatoms. The largest absolute Gasteiger partial charge is 0.354 e. The van der Waals surface area contributed by atoms with Gasteiger partial charge in [-0.2, -0.15) is 0 Å². The zero-order valence-corrected chi connectivity index (χ0v) is 20.2. The first kappa shape index (κ1) is 21.8. The Kier molecular flexibility index (Phi) is 5.47. The number of carbonyl (C=O) groups excluding carboxylic acids is 1. The maximum atomic E-state index is 13.7. The first-order chi connectivity index (χ1) is 17.1. The Hall–Kier alpha value is -3.75. The van der Waals surface area contributed by atoms with E-state index in [1.807, 2.05) is 71.1 Å². The number of pyridine rings is 2. The lowest BCUT2D eigenvalue weighted by molar-refractivity contribution is 0.0951. The summed E-state index contributed by atoms with van der Waals surface area (Å²) >= 11 is 1.45. The van der Waals surface area contributed by atoms with E-state index in [2.05, 4.69) is 22.2 Å². The number of nitrogens with one attached hydrogen (secondary N) is 1. The second-order valence-electron chi connectivity index (χ2n) is 8.91. The molecule has 176 valence electrons. The highest BCUT2D eigenvalue weighted by atomic mass is 32.1. The van der Waals surface area contributed by atoms with Crippen LogP contribution in [-0.2, 0) is 6.54 Å². The average molecular weight is 484 g/mol. The number of anilines is 1. The Bertz CT molecular complexity index is 1620. The van der Waals surface area contributed by atoms with Crippen LogP contribution in [-0.4, -0.2) is 53.4 Å². The number of piperazine rings is 1. The van der Waals surface area contributed by atoms with Crippen molar-refractivity contribution in [2.24, 2.45) is 0 Å². The number of thiazole rings is 1. The smallest absolute Gasteiger partial charge is 0.258 e. The van der Waals surface area contributed by atoms with E-state index < -0.39 is 0 Å². The van der Waals surface area contributed by atoms with Gasteiger partial charge in [0.15, 0.2) is 5.65 Å². The molecule has 0 radical (unpaired) electrons. The normalized spacial score (nSPS) is 14.7. The number of hydrogen-bond acceptors (Lipinski definition) is 6. The maximum Gasteiger partial charge on any atom is 0.258 e. The quantitative estimate of drug-likeness (QED) is 0.422. The van der Waals surface area contributed by atoms with Gasteiger partial charge in [-0.3, -0.25) is 14.0 Å². The summed E-state index contributed by atoms with van der Waals surface area (Å²) in [6, 6.07) is 21.4. The molecule has 7 nitrogen and oxygen atoms in total. The molecular formula is C27H25N5O2S. The predicted octanol–water partition coefficient (Wildman–Crippen LogP) is 3.74. The van der Waals surface area contributed by atoms with Gasteiger partial charge >= 0.3 is 0 Å². The number of benzene rings is 2. The van der Waals surface area contributed by atoms with Crippen LogP contribution < -0.4 is 15.6 Å². The third kappa shape index (κ3) is 3.84. The number of amides is 1. The lowest BCUT2D eigenvalue weighted by atomic mass is 10.1. The molecule has 0 bridgehead atoms. The molecule has 0 atom stereocenters. The Morgan fingerprint density at radius 1 is 0.971 bits per heavy atom. The van der Waals surface area contributed by atoms with E-state index in [1.54, 1.807) is 0 Å². The van der Waals surface area contributed by atoms with Crippen LogP contribution in [0.3, 0.4) is 0 Å². The van der Waals surface area contributed by atoms with Gasteiger partial charge in [0.05, 0.1) is 15.6 Å². The Balaban J connectivity index is 1.52. The van der Waals surface area contributed by atoms with Crippen molar-refractivity contribution in [2.45, 2.75) is 6.54 Å². The molecule has 3 aromatic heterocycles. The predicted molar refractivity (Wildman–Crippen MR) is 142 cm³/mol. The highest BCUT2D eigenvalue weighted by molar-refractivity contribution is 7.24. The summed E-state index contributed by atoms with van der Waals surface area (Å²) in [4.78, 5) is 37.2. The van der Waals surface area contributed by atoms with E-state index in [0.717, 1.165) is 47.8 Å². The summed E-state index contributed by atoms with van der Waals surface area (Å²) < 4.78 is 2.98. The van der Waals surface area contributed by atoms with Crippen molar-refractivity contribution in [1.29, 1.82) is 0 Å². The summed E-state index contributed by atoms with van der Waals surface area (Å²) in [6.07, 6.45) is 0. The number of carbonyl (C=O) groups is 1. The molecule has 4 heterocycles. The van der Waals surface area contributed by atoms with Crippen molar-refractivity contribution in [3.8, 4) is 0 Å². The minimum atomic E-state index is -0.368. The van der Waals surface area contributed by atoms with E-state index >= 15 is 0 Å². The molecule has 1 N–H and O–H groups in total. The minimum absolute atomic E-state index is 0.170. The first-order valence-corrected chi connectivity index (χ1v) is 12.5. The average Bonchev–Trinajstić information content (AvgIpc) is 3.27. The van der Waals surface area contributed by atoms with Gasteiger partial charge in [-0.1, -0.05) is 42.5 Å². The van der Waals surface area contributed by atoms with Gasteiger partial charge in [-0.25, -0.2) is 4.98 Å². The summed E-state index contributed by atoms with van der Waals surface area (Å²) in [7, 11) is 2.12. The summed E-state index contributed by atoms with van der Waals surface area (Å²) in [5.74, 6) is 0.489. The van der Waals surface area contributed by atoms with Crippen LogP contribution in [0.4, 0.5) is 5.82 Å². The number of rotatable bonds is 4. The molecule has 2 aromatic carbocycles. The van der Waals surface area contributed by atoms with Gasteiger partial charge in [0, 0.05) is 32.7 Å². The van der Waals surface area contributed by atoms with Gasteiger partial charge in [-0.05, 0) is 36.9 Å². The summed E-state index contributed by atoms with van der Waals surface area (Å²) in [5, 5.41) is 3.40. The molecular weight excluding hydrogens is 458 g/mol. The molecule has 1 aliphatic rings. The van der Waals surface area contributed by atoms with E-state index in [-0.39, 0.29) is 16.9 Å². The molecule has 1 aliphatic heterocycles. The van der Waals surface area contributed by atoms with Crippen molar-refractivity contribution >= 4 is 49.1 Å². The molecule has 1 saturated heterocycles. The fourth-order valence-electron chi connectivity index (χ4n) is 4.66. The number of nitrogens with zero attached hydrogens (tertiary/aromatic N) is 4. The van der Waals surface area contributed by atoms with Crippen molar-refractivity contribution in [3.05, 3.63) is 88.1 Å². The lowest BCUT2D eigenvalue weighted by Crippen LogP contribution is -2.44. The fraction of sp³-hybridized carbons (Fsp3) is 0.222. The third-order valence-corrected chi connectivity index (χ3v) is 7.77. The van der Waals surface area contributed by atoms with Gasteiger partial charge in [0.2, 0.25) is 5.43 Å². The second-order valence-corrected chi connectivity index (χ2v) is 9.94. The molecule has 35 heavy (non-hydrogen) atoms. The molecule has 1 amide bonds. The van der Waals surface area contributed by atoms with Gasteiger partial charge in [0.25, 0.3) is 5.91 Å². The minimum Gasteiger partial charge on any atom is -0.354 e. The van der Waals surface area contributed by atoms with E-state index in [4.69, 9.17) is 4.98 Å². The molecule has 0 saturated carbocycles. The van der Waals surface area contributed by atoms with E-state index in [0.29, 0.717) is 22.4 Å². The van der Waals surface area contributed by atoms with E-state index in [9.17, 15) is 9.59 Å². The standard InChI is InChI=1S/C27H25N5O2S/c1-30-13-15-31(16-14-30)22-12-11-19-24(33)23(26(34)28-17-18-7-3-2-4-8-18)27-32(25(19)29-22)20-9-5-6-10-21(20)35-27/h2-12H,13-17H2,1H3,(H,28,34). The van der Waals surface area contributed by atoms with Gasteiger partial charge < -0.3 is 15.1 Å². The second kappa shape index (κ2) is 8.79. The highest BCUT2D eigenvalue weighted by Gasteiger charge is 2.24. The number of hydrogen-bond donors (Lipinski definition) is 1. The van der Waals surface area contributed by atoms with Gasteiger partial charge in [-0.15, -0.1) is 11.3 Å². The highest BCUT2D eigenvalue weighted by Crippen LogP contribution is 2.31. The Labute approximate surface area is 206 Å². The lowest BCUT2D eigenvalue weighted by Gasteiger charge is -2.33. The molecule has 0 aliphatic carbocycles. The monoisotopic (exact) mass is 483 g/mol. The zero-order valence-electron chi connectivity index (χ0n) is 19.4. The number of aromatic nitrogens is 2. The molecule has 0 unspecified atom stereocenters. The molecule has 6 rings (SSSR count). The van der Waals surface area contributed by atoms with Crippen LogP contribution >= 0.6 is 11.3 Å². The van der Waals surface area contributed by atoms with Crippen molar-refractivity contribution < 1.29 is 4.79 Å². The molecule has 5 aromatic rings. The van der Waals surface area contributed by atoms with Crippen LogP contribution in [0.2, 0.25) is 0 Å². The summed E-state index contributed by atoms with van der Waals surface area (Å²) in [5.41, 5.74) is 2.40. The summed E-state index contributed by atoms with van der Waals surface area (Å²) in [6.45, 7) is 4.07. The third-order valence-electron chi connectivity index (χ3n) is 6.62. The number of para-hydroxylation sites is 1.